The molecule has 1 heterocycles. The minimum atomic E-state index is -0.421. The van der Waals surface area contributed by atoms with E-state index in [1.165, 1.54) is 5.56 Å². The quantitative estimate of drug-likeness (QED) is 0.577. The van der Waals surface area contributed by atoms with Crippen LogP contribution in [0.5, 0.6) is 0 Å². The van der Waals surface area contributed by atoms with Crippen LogP contribution in [0.4, 0.5) is 5.69 Å². The Morgan fingerprint density at radius 3 is 2.60 bits per heavy atom. The molecular weight excluding hydrogens is 272 g/mol. The van der Waals surface area contributed by atoms with Crippen LogP contribution in [0, 0.1) is 0 Å². The molecule has 110 valence electrons. The molecule has 6 heteroatoms. The molecule has 0 aliphatic heterocycles. The van der Waals surface area contributed by atoms with E-state index >= 15 is 0 Å². The maximum atomic E-state index is 9.36. The third-order valence-electron chi connectivity index (χ3n) is 3.90. The highest BCUT2D eigenvalue weighted by molar-refractivity contribution is 6.45. The van der Waals surface area contributed by atoms with Gasteiger partial charge in [-0.05, 0) is 56.6 Å². The van der Waals surface area contributed by atoms with Crippen LogP contribution in [-0.4, -0.2) is 29.1 Å². The molecule has 0 unspecified atom stereocenters. The van der Waals surface area contributed by atoms with Gasteiger partial charge >= 0.3 is 7.05 Å². The van der Waals surface area contributed by atoms with Crippen molar-refractivity contribution >= 4 is 24.3 Å². The van der Waals surface area contributed by atoms with Gasteiger partial charge in [0.15, 0.2) is 0 Å². The van der Waals surface area contributed by atoms with Gasteiger partial charge in [0.1, 0.15) is 5.15 Å². The van der Waals surface area contributed by atoms with Crippen molar-refractivity contribution in [1.29, 1.82) is 0 Å². The monoisotopic (exact) mass is 295 g/mol. The third-order valence-corrected chi connectivity index (χ3v) is 4.10. The fourth-order valence-electron chi connectivity index (χ4n) is 2.84. The van der Waals surface area contributed by atoms with E-state index in [0.29, 0.717) is 17.2 Å². The standard InChI is InChI=1S/C14H23BClN3O/c1-3-10-9-17-14(16)8-13(10)18-11-4-6-12(7-5-11)19-15(2)20/h8-9,11-12,19-20H,3-7H2,1-2H3,(H,17,18). The Bertz CT molecular complexity index is 436. The smallest absolute Gasteiger partial charge is 0.373 e. The lowest BCUT2D eigenvalue weighted by atomic mass is 9.82. The van der Waals surface area contributed by atoms with E-state index in [2.05, 4.69) is 22.5 Å². The van der Waals surface area contributed by atoms with Crippen LogP contribution in [0.25, 0.3) is 0 Å². The van der Waals surface area contributed by atoms with Gasteiger partial charge in [0, 0.05) is 17.9 Å². The van der Waals surface area contributed by atoms with Gasteiger partial charge in [0.2, 0.25) is 0 Å². The maximum Gasteiger partial charge on any atom is 0.373 e. The van der Waals surface area contributed by atoms with Gasteiger partial charge in [-0.15, -0.1) is 0 Å². The van der Waals surface area contributed by atoms with Gasteiger partial charge in [-0.3, -0.25) is 0 Å². The SMILES string of the molecule is CCc1cnc(Cl)cc1NC1CCC(NB(C)O)CC1. The molecule has 1 aliphatic carbocycles. The van der Waals surface area contributed by atoms with Gasteiger partial charge in [0.05, 0.1) is 0 Å². The molecule has 1 aromatic rings. The summed E-state index contributed by atoms with van der Waals surface area (Å²) in [6, 6.07) is 2.83. The molecule has 0 saturated heterocycles. The highest BCUT2D eigenvalue weighted by Gasteiger charge is 2.23. The van der Waals surface area contributed by atoms with Crippen molar-refractivity contribution < 1.29 is 5.02 Å². The van der Waals surface area contributed by atoms with E-state index in [-0.39, 0.29) is 0 Å². The Morgan fingerprint density at radius 1 is 1.35 bits per heavy atom. The molecule has 3 N–H and O–H groups in total. The molecule has 1 aromatic heterocycles. The first-order chi connectivity index (χ1) is 9.58. The van der Waals surface area contributed by atoms with E-state index in [1.54, 1.807) is 6.82 Å². The zero-order chi connectivity index (χ0) is 14.5. The van der Waals surface area contributed by atoms with E-state index in [4.69, 9.17) is 11.6 Å². The molecule has 0 bridgehead atoms. The summed E-state index contributed by atoms with van der Waals surface area (Å²) in [7, 11) is -0.421. The second-order valence-electron chi connectivity index (χ2n) is 5.55. The van der Waals surface area contributed by atoms with Crippen molar-refractivity contribution in [3.05, 3.63) is 23.0 Å². The number of aromatic nitrogens is 1. The van der Waals surface area contributed by atoms with Crippen molar-refractivity contribution in [3.8, 4) is 0 Å². The number of hydrogen-bond donors (Lipinski definition) is 3. The fourth-order valence-corrected chi connectivity index (χ4v) is 3.00. The van der Waals surface area contributed by atoms with Gasteiger partial charge in [-0.2, -0.15) is 0 Å². The summed E-state index contributed by atoms with van der Waals surface area (Å²) < 4.78 is 0. The van der Waals surface area contributed by atoms with Crippen LogP contribution in [0.15, 0.2) is 12.3 Å². The summed E-state index contributed by atoms with van der Waals surface area (Å²) >= 11 is 5.98. The first-order valence-corrected chi connectivity index (χ1v) is 7.81. The van der Waals surface area contributed by atoms with E-state index < -0.39 is 7.05 Å². The lowest BCUT2D eigenvalue weighted by Gasteiger charge is -2.31. The molecule has 0 radical (unpaired) electrons. The first-order valence-electron chi connectivity index (χ1n) is 7.43. The number of nitrogens with one attached hydrogen (secondary N) is 2. The van der Waals surface area contributed by atoms with Crippen molar-refractivity contribution in [3.63, 3.8) is 0 Å². The highest BCUT2D eigenvalue weighted by Crippen LogP contribution is 2.25. The molecule has 1 aliphatic rings. The molecule has 0 aromatic carbocycles. The lowest BCUT2D eigenvalue weighted by Crippen LogP contribution is -2.43. The molecule has 2 rings (SSSR count). The summed E-state index contributed by atoms with van der Waals surface area (Å²) in [6.07, 6.45) is 7.18. The van der Waals surface area contributed by atoms with Crippen LogP contribution in [-0.2, 0) is 6.42 Å². The van der Waals surface area contributed by atoms with Gasteiger partial charge in [-0.1, -0.05) is 18.5 Å². The summed E-state index contributed by atoms with van der Waals surface area (Å²) in [5.74, 6) is 0. The summed E-state index contributed by atoms with van der Waals surface area (Å²) in [5, 5.41) is 16.7. The van der Waals surface area contributed by atoms with Crippen molar-refractivity contribution in [2.24, 2.45) is 0 Å². The molecule has 0 spiro atoms. The van der Waals surface area contributed by atoms with Crippen LogP contribution in [0.2, 0.25) is 12.0 Å². The number of nitrogens with zero attached hydrogens (tertiary/aromatic N) is 1. The Labute approximate surface area is 126 Å². The number of aryl methyl sites for hydroxylation is 1. The zero-order valence-electron chi connectivity index (χ0n) is 12.2. The van der Waals surface area contributed by atoms with Crippen LogP contribution >= 0.6 is 11.6 Å². The lowest BCUT2D eigenvalue weighted by molar-refractivity contribution is 0.377. The number of halogens is 1. The predicted molar refractivity (Wildman–Crippen MR) is 85.3 cm³/mol. The minimum Gasteiger partial charge on any atom is -0.437 e. The van der Waals surface area contributed by atoms with Gasteiger partial charge in [0.25, 0.3) is 0 Å². The predicted octanol–water partition coefficient (Wildman–Crippen LogP) is 2.72. The summed E-state index contributed by atoms with van der Waals surface area (Å²) in [5.41, 5.74) is 2.32. The summed E-state index contributed by atoms with van der Waals surface area (Å²) in [6.45, 7) is 3.90. The number of rotatable bonds is 5. The summed E-state index contributed by atoms with van der Waals surface area (Å²) in [4.78, 5) is 4.14. The molecule has 1 saturated carbocycles. The van der Waals surface area contributed by atoms with E-state index in [0.717, 1.165) is 37.8 Å². The molecule has 20 heavy (non-hydrogen) atoms. The second kappa shape index (κ2) is 7.30. The van der Waals surface area contributed by atoms with E-state index in [1.807, 2.05) is 12.3 Å². The second-order valence-corrected chi connectivity index (χ2v) is 5.94. The Balaban J connectivity index is 1.91. The van der Waals surface area contributed by atoms with Gasteiger partial charge in [-0.25, -0.2) is 4.98 Å². The number of pyridine rings is 1. The average molecular weight is 296 g/mol. The zero-order valence-corrected chi connectivity index (χ0v) is 13.0. The highest BCUT2D eigenvalue weighted by atomic mass is 35.5. The van der Waals surface area contributed by atoms with Crippen molar-refractivity contribution in [1.82, 2.24) is 10.2 Å². The number of hydrogen-bond acceptors (Lipinski definition) is 4. The fraction of sp³-hybridized carbons (Fsp3) is 0.643. The van der Waals surface area contributed by atoms with Crippen molar-refractivity contribution in [2.45, 2.75) is 57.9 Å². The maximum absolute atomic E-state index is 9.36. The van der Waals surface area contributed by atoms with Crippen LogP contribution in [0.3, 0.4) is 0 Å². The third kappa shape index (κ3) is 4.37. The average Bonchev–Trinajstić information content (AvgIpc) is 2.41. The molecule has 0 atom stereocenters. The molecule has 0 amide bonds. The first kappa shape index (κ1) is 15.6. The van der Waals surface area contributed by atoms with Crippen LogP contribution < -0.4 is 10.5 Å². The Hall–Kier alpha value is -0.775. The minimum absolute atomic E-state index is 0.421. The van der Waals surface area contributed by atoms with Crippen molar-refractivity contribution in [2.75, 3.05) is 5.32 Å². The topological polar surface area (TPSA) is 57.2 Å². The molecule has 1 fully saturated rings. The van der Waals surface area contributed by atoms with Crippen LogP contribution in [0.1, 0.15) is 38.2 Å². The van der Waals surface area contributed by atoms with E-state index in [9.17, 15) is 5.02 Å². The number of anilines is 1. The largest absolute Gasteiger partial charge is 0.437 e. The molecule has 4 nitrogen and oxygen atoms in total. The normalized spacial score (nSPS) is 22.6. The Morgan fingerprint density at radius 2 is 2.00 bits per heavy atom. The molecular formula is C14H23BClN3O. The Kier molecular flexibility index (Phi) is 5.69. The van der Waals surface area contributed by atoms with Gasteiger partial charge < -0.3 is 15.6 Å².